The van der Waals surface area contributed by atoms with Crippen molar-refractivity contribution in [2.24, 2.45) is 0 Å². The quantitative estimate of drug-likeness (QED) is 0.240. The third-order valence-corrected chi connectivity index (χ3v) is 5.01. The van der Waals surface area contributed by atoms with Crippen molar-refractivity contribution in [2.75, 3.05) is 0 Å². The van der Waals surface area contributed by atoms with E-state index >= 15 is 0 Å². The van der Waals surface area contributed by atoms with Gasteiger partial charge in [0.05, 0.1) is 5.56 Å². The number of carboxylic acids is 2. The number of hydrogen-bond donors (Lipinski definition) is 2. The molecule has 0 saturated heterocycles. The van der Waals surface area contributed by atoms with Crippen molar-refractivity contribution < 1.29 is 19.8 Å². The van der Waals surface area contributed by atoms with E-state index in [1.165, 1.54) is 83.5 Å². The topological polar surface area (TPSA) is 74.6 Å². The van der Waals surface area contributed by atoms with Crippen LogP contribution in [-0.2, 0) is 4.79 Å². The van der Waals surface area contributed by atoms with Crippen LogP contribution in [0.2, 0.25) is 0 Å². The molecular weight excluding hydrogens is 418 g/mol. The molecule has 4 nitrogen and oxygen atoms in total. The SMILES string of the molecule is CCCCCCCCCCCCCCCCCC(=O)O.O=C(O)c1ccccc1.[AlH3].[AlH3]. The average molecular weight is 467 g/mol. The fourth-order valence-electron chi connectivity index (χ4n) is 3.23. The summed E-state index contributed by atoms with van der Waals surface area (Å²) in [5.41, 5.74) is 0.331. The zero-order chi connectivity index (χ0) is 21.6. The van der Waals surface area contributed by atoms with Crippen LogP contribution in [0.5, 0.6) is 0 Å². The summed E-state index contributed by atoms with van der Waals surface area (Å²) in [6, 6.07) is 8.30. The number of aromatic carboxylic acids is 1. The summed E-state index contributed by atoms with van der Waals surface area (Å²) in [6.45, 7) is 2.27. The highest BCUT2D eigenvalue weighted by Crippen LogP contribution is 2.13. The first-order chi connectivity index (χ1) is 14.1. The summed E-state index contributed by atoms with van der Waals surface area (Å²) in [7, 11) is 0. The van der Waals surface area contributed by atoms with E-state index < -0.39 is 11.9 Å². The zero-order valence-electron chi connectivity index (χ0n) is 18.4. The molecule has 0 aliphatic rings. The van der Waals surface area contributed by atoms with E-state index in [1.807, 2.05) is 0 Å². The van der Waals surface area contributed by atoms with Gasteiger partial charge >= 0.3 is 11.9 Å². The molecule has 0 aliphatic heterocycles. The maximum absolute atomic E-state index is 10.3. The van der Waals surface area contributed by atoms with Gasteiger partial charge < -0.3 is 10.2 Å². The maximum atomic E-state index is 10.3. The molecule has 0 bridgehead atoms. The average Bonchev–Trinajstić information content (AvgIpc) is 2.72. The number of rotatable bonds is 17. The normalized spacial score (nSPS) is 9.58. The smallest absolute Gasteiger partial charge is 0.335 e. The minimum absolute atomic E-state index is 0. The molecule has 0 aliphatic carbocycles. The van der Waals surface area contributed by atoms with E-state index in [0.29, 0.717) is 12.0 Å². The summed E-state index contributed by atoms with van der Waals surface area (Å²) < 4.78 is 0. The van der Waals surface area contributed by atoms with Crippen LogP contribution in [-0.4, -0.2) is 56.9 Å². The summed E-state index contributed by atoms with van der Waals surface area (Å²) in [4.78, 5) is 20.5. The molecule has 0 saturated carbocycles. The van der Waals surface area contributed by atoms with Crippen molar-refractivity contribution in [2.45, 2.75) is 110 Å². The van der Waals surface area contributed by atoms with Crippen LogP contribution in [0.4, 0.5) is 0 Å². The molecule has 178 valence electrons. The molecule has 1 rings (SSSR count). The summed E-state index contributed by atoms with van der Waals surface area (Å²) in [6.07, 6.45) is 20.2. The molecule has 31 heavy (non-hydrogen) atoms. The Hall–Kier alpha value is -0.775. The Morgan fingerprint density at radius 1 is 0.613 bits per heavy atom. The van der Waals surface area contributed by atoms with Gasteiger partial charge in [-0.25, -0.2) is 4.79 Å². The van der Waals surface area contributed by atoms with E-state index in [4.69, 9.17) is 10.2 Å². The van der Waals surface area contributed by atoms with E-state index in [-0.39, 0.29) is 34.7 Å². The Morgan fingerprint density at radius 2 is 0.968 bits per heavy atom. The van der Waals surface area contributed by atoms with Crippen LogP contribution in [0.3, 0.4) is 0 Å². The fraction of sp³-hybridized carbons (Fsp3) is 0.680. The van der Waals surface area contributed by atoms with E-state index in [2.05, 4.69) is 6.92 Å². The van der Waals surface area contributed by atoms with Crippen LogP contribution in [0, 0.1) is 0 Å². The number of aliphatic carboxylic acids is 1. The molecule has 0 heterocycles. The number of carbonyl (C=O) groups is 2. The number of unbranched alkanes of at least 4 members (excludes halogenated alkanes) is 14. The van der Waals surface area contributed by atoms with Crippen molar-refractivity contribution in [3.8, 4) is 0 Å². The van der Waals surface area contributed by atoms with Crippen molar-refractivity contribution in [1.29, 1.82) is 0 Å². The number of benzene rings is 1. The summed E-state index contributed by atoms with van der Waals surface area (Å²) >= 11 is 0. The van der Waals surface area contributed by atoms with Crippen LogP contribution < -0.4 is 0 Å². The zero-order valence-corrected chi connectivity index (χ0v) is 18.4. The molecule has 1 aromatic rings. The molecule has 2 N–H and O–H groups in total. The van der Waals surface area contributed by atoms with Crippen molar-refractivity contribution in [3.05, 3.63) is 35.9 Å². The highest BCUT2D eigenvalue weighted by Gasteiger charge is 1.97. The lowest BCUT2D eigenvalue weighted by molar-refractivity contribution is -0.137. The molecule has 0 aromatic heterocycles. The largest absolute Gasteiger partial charge is 0.481 e. The van der Waals surface area contributed by atoms with Gasteiger partial charge in [-0.2, -0.15) is 0 Å². The first-order valence-corrected chi connectivity index (χ1v) is 11.6. The van der Waals surface area contributed by atoms with Gasteiger partial charge in [0.25, 0.3) is 0 Å². The fourth-order valence-corrected chi connectivity index (χ4v) is 3.23. The molecule has 1 aromatic carbocycles. The van der Waals surface area contributed by atoms with Gasteiger partial charge in [-0.15, -0.1) is 0 Å². The third-order valence-electron chi connectivity index (χ3n) is 5.01. The minimum atomic E-state index is -0.879. The van der Waals surface area contributed by atoms with E-state index in [9.17, 15) is 9.59 Å². The van der Waals surface area contributed by atoms with Crippen molar-refractivity contribution >= 4 is 46.7 Å². The lowest BCUT2D eigenvalue weighted by atomic mass is 10.0. The van der Waals surface area contributed by atoms with Gasteiger partial charge in [-0.1, -0.05) is 115 Å². The lowest BCUT2D eigenvalue weighted by Crippen LogP contribution is -1.93. The monoisotopic (exact) mass is 466 g/mol. The molecular formula is C25H48Al2O4. The van der Waals surface area contributed by atoms with Gasteiger partial charge in [-0.05, 0) is 18.6 Å². The van der Waals surface area contributed by atoms with Crippen molar-refractivity contribution in [3.63, 3.8) is 0 Å². The molecule has 0 spiro atoms. The molecule has 6 heteroatoms. The lowest BCUT2D eigenvalue weighted by Gasteiger charge is -2.03. The molecule has 0 radical (unpaired) electrons. The van der Waals surface area contributed by atoms with Crippen LogP contribution in [0.1, 0.15) is 120 Å². The number of hydrogen-bond acceptors (Lipinski definition) is 2. The highest BCUT2D eigenvalue weighted by molar-refractivity contribution is 5.87. The predicted octanol–water partition coefficient (Wildman–Crippen LogP) is 5.35. The minimum Gasteiger partial charge on any atom is -0.481 e. The predicted molar refractivity (Wildman–Crippen MR) is 140 cm³/mol. The first kappa shape index (κ1) is 34.8. The molecule has 0 fully saturated rings. The van der Waals surface area contributed by atoms with Crippen LogP contribution in [0.25, 0.3) is 0 Å². The van der Waals surface area contributed by atoms with Gasteiger partial charge in [0.2, 0.25) is 0 Å². The number of carboxylic acid groups (broad SMARTS) is 2. The Balaban J connectivity index is -0.000000598. The maximum Gasteiger partial charge on any atom is 0.335 e. The summed E-state index contributed by atoms with van der Waals surface area (Å²) in [5.74, 6) is -1.53. The molecule has 0 atom stereocenters. The summed E-state index contributed by atoms with van der Waals surface area (Å²) in [5, 5.41) is 16.9. The first-order valence-electron chi connectivity index (χ1n) is 11.6. The second kappa shape index (κ2) is 27.3. The van der Waals surface area contributed by atoms with Crippen LogP contribution >= 0.6 is 0 Å². The van der Waals surface area contributed by atoms with Crippen molar-refractivity contribution in [1.82, 2.24) is 0 Å². The third kappa shape index (κ3) is 27.2. The van der Waals surface area contributed by atoms with E-state index in [0.717, 1.165) is 12.8 Å². The standard InChI is InChI=1S/C18H36O2.C7H6O2.2Al.6H/c1-2-3-4-5-6-7-8-9-10-11-12-13-14-15-16-17-18(19)20;8-7(9)6-4-2-1-3-5-6;;;;;;;;/h2-17H2,1H3,(H,19,20);1-5H,(H,8,9);;;;;;;;. The molecule has 0 amide bonds. The Kier molecular flexibility index (Phi) is 30.6. The van der Waals surface area contributed by atoms with Gasteiger partial charge in [0.1, 0.15) is 0 Å². The van der Waals surface area contributed by atoms with Gasteiger partial charge in [-0.3, -0.25) is 4.79 Å². The van der Waals surface area contributed by atoms with Gasteiger partial charge in [0, 0.05) is 6.42 Å². The Morgan fingerprint density at radius 3 is 1.26 bits per heavy atom. The highest BCUT2D eigenvalue weighted by atomic mass is 27.0. The van der Waals surface area contributed by atoms with Crippen LogP contribution in [0.15, 0.2) is 30.3 Å². The Bertz CT molecular complexity index is 510. The second-order valence-corrected chi connectivity index (χ2v) is 7.76. The van der Waals surface area contributed by atoms with Gasteiger partial charge in [0.15, 0.2) is 34.7 Å². The molecule has 0 unspecified atom stereocenters. The second-order valence-electron chi connectivity index (χ2n) is 7.76. The Labute approximate surface area is 211 Å². The van der Waals surface area contributed by atoms with E-state index in [1.54, 1.807) is 30.3 Å².